The lowest BCUT2D eigenvalue weighted by atomic mass is 10.1. The highest BCUT2D eigenvalue weighted by molar-refractivity contribution is 6.41. The van der Waals surface area contributed by atoms with E-state index in [-0.39, 0.29) is 22.7 Å². The van der Waals surface area contributed by atoms with Crippen molar-refractivity contribution in [3.8, 4) is 0 Å². The van der Waals surface area contributed by atoms with Gasteiger partial charge in [-0.1, -0.05) is 23.2 Å². The molecule has 4 nitrogen and oxygen atoms in total. The lowest BCUT2D eigenvalue weighted by Gasteiger charge is -2.23. The third-order valence-electron chi connectivity index (χ3n) is 1.91. The number of carbonyl (C=O) groups excluding carboxylic acids is 1. The van der Waals surface area contributed by atoms with Crippen LogP contribution in [0.3, 0.4) is 0 Å². The topological polar surface area (TPSA) is 62.2 Å². The lowest BCUT2D eigenvalue weighted by molar-refractivity contribution is 0.0869. The van der Waals surface area contributed by atoms with Crippen molar-refractivity contribution < 1.29 is 9.90 Å². The molecule has 0 fully saturated rings. The molecule has 1 amide bonds. The first-order valence-electron chi connectivity index (χ1n) is 4.60. The molecule has 0 atom stereocenters. The van der Waals surface area contributed by atoms with E-state index in [1.54, 1.807) is 13.8 Å². The molecule has 2 N–H and O–H groups in total. The number of nitrogens with zero attached hydrogens (tertiary/aromatic N) is 1. The first-order chi connectivity index (χ1) is 7.35. The second-order valence-electron chi connectivity index (χ2n) is 3.99. The maximum Gasteiger partial charge on any atom is 0.253 e. The van der Waals surface area contributed by atoms with Gasteiger partial charge in [0.05, 0.1) is 22.7 Å². The zero-order chi connectivity index (χ0) is 12.3. The molecule has 88 valence electrons. The zero-order valence-electron chi connectivity index (χ0n) is 8.92. The second-order valence-corrected chi connectivity index (χ2v) is 4.76. The zero-order valence-corrected chi connectivity index (χ0v) is 10.4. The van der Waals surface area contributed by atoms with Crippen molar-refractivity contribution in [1.29, 1.82) is 0 Å². The molecule has 0 saturated heterocycles. The van der Waals surface area contributed by atoms with Crippen LogP contribution in [0.1, 0.15) is 24.2 Å². The molecular formula is C10H12Cl2N2O2. The van der Waals surface area contributed by atoms with Gasteiger partial charge in [0.15, 0.2) is 0 Å². The van der Waals surface area contributed by atoms with Crippen LogP contribution in [0.4, 0.5) is 0 Å². The Morgan fingerprint density at radius 2 is 2.19 bits per heavy atom. The molecule has 1 rings (SSSR count). The van der Waals surface area contributed by atoms with Crippen LogP contribution in [0.15, 0.2) is 12.3 Å². The molecule has 0 radical (unpaired) electrons. The van der Waals surface area contributed by atoms with Crippen molar-refractivity contribution in [2.45, 2.75) is 19.4 Å². The van der Waals surface area contributed by atoms with E-state index >= 15 is 0 Å². The highest BCUT2D eigenvalue weighted by Crippen LogP contribution is 2.19. The summed E-state index contributed by atoms with van der Waals surface area (Å²) in [7, 11) is 0. The Hall–Kier alpha value is -0.840. The summed E-state index contributed by atoms with van der Waals surface area (Å²) in [4.78, 5) is 15.5. The normalized spacial score (nSPS) is 11.3. The number of rotatable bonds is 3. The highest BCUT2D eigenvalue weighted by atomic mass is 35.5. The van der Waals surface area contributed by atoms with Gasteiger partial charge in [-0.15, -0.1) is 0 Å². The van der Waals surface area contributed by atoms with E-state index in [0.29, 0.717) is 5.56 Å². The summed E-state index contributed by atoms with van der Waals surface area (Å²) >= 11 is 11.4. The quantitative estimate of drug-likeness (QED) is 0.818. The van der Waals surface area contributed by atoms with Crippen LogP contribution >= 0.6 is 23.2 Å². The molecule has 0 spiro atoms. The Bertz CT molecular complexity index is 408. The predicted molar refractivity (Wildman–Crippen MR) is 62.9 cm³/mol. The number of hydrogen-bond acceptors (Lipinski definition) is 3. The number of halogens is 2. The van der Waals surface area contributed by atoms with Crippen molar-refractivity contribution in [1.82, 2.24) is 10.3 Å². The average Bonchev–Trinajstić information content (AvgIpc) is 2.21. The van der Waals surface area contributed by atoms with Gasteiger partial charge in [0.25, 0.3) is 5.91 Å². The van der Waals surface area contributed by atoms with Gasteiger partial charge in [-0.3, -0.25) is 4.79 Å². The summed E-state index contributed by atoms with van der Waals surface area (Å²) in [6.45, 7) is 3.25. The van der Waals surface area contributed by atoms with E-state index in [1.807, 2.05) is 0 Å². The predicted octanol–water partition coefficient (Wildman–Crippen LogP) is 1.89. The van der Waals surface area contributed by atoms with Crippen LogP contribution in [-0.4, -0.2) is 28.1 Å². The van der Waals surface area contributed by atoms with E-state index in [2.05, 4.69) is 10.3 Å². The third-order valence-corrected chi connectivity index (χ3v) is 2.59. The van der Waals surface area contributed by atoms with Crippen LogP contribution in [0.25, 0.3) is 0 Å². The highest BCUT2D eigenvalue weighted by Gasteiger charge is 2.20. The number of amides is 1. The molecule has 1 aromatic heterocycles. The van der Waals surface area contributed by atoms with Gasteiger partial charge in [0.1, 0.15) is 5.15 Å². The van der Waals surface area contributed by atoms with Crippen LogP contribution in [-0.2, 0) is 0 Å². The van der Waals surface area contributed by atoms with Crippen LogP contribution < -0.4 is 5.32 Å². The first kappa shape index (κ1) is 13.2. The molecule has 16 heavy (non-hydrogen) atoms. The lowest BCUT2D eigenvalue weighted by Crippen LogP contribution is -2.46. The molecule has 0 aliphatic rings. The molecule has 1 heterocycles. The smallest absolute Gasteiger partial charge is 0.253 e. The van der Waals surface area contributed by atoms with Gasteiger partial charge < -0.3 is 10.4 Å². The van der Waals surface area contributed by atoms with E-state index < -0.39 is 5.54 Å². The van der Waals surface area contributed by atoms with E-state index in [1.165, 1.54) is 12.3 Å². The minimum atomic E-state index is -0.691. The number of aliphatic hydroxyl groups excluding tert-OH is 1. The van der Waals surface area contributed by atoms with Gasteiger partial charge >= 0.3 is 0 Å². The van der Waals surface area contributed by atoms with Crippen LogP contribution in [0, 0.1) is 0 Å². The van der Waals surface area contributed by atoms with Gasteiger partial charge in [0, 0.05) is 6.20 Å². The van der Waals surface area contributed by atoms with Gasteiger partial charge in [0.2, 0.25) is 0 Å². The fourth-order valence-electron chi connectivity index (χ4n) is 0.964. The maximum absolute atomic E-state index is 11.7. The Morgan fingerprint density at radius 1 is 1.56 bits per heavy atom. The Balaban J connectivity index is 2.85. The maximum atomic E-state index is 11.7. The Kier molecular flexibility index (Phi) is 4.13. The molecule has 1 aromatic rings. The molecule has 0 aliphatic heterocycles. The van der Waals surface area contributed by atoms with Crippen LogP contribution in [0.2, 0.25) is 10.2 Å². The minimum absolute atomic E-state index is 0.152. The molecule has 0 saturated carbocycles. The Labute approximate surface area is 104 Å². The number of aromatic nitrogens is 1. The van der Waals surface area contributed by atoms with Crippen molar-refractivity contribution in [2.75, 3.05) is 6.61 Å². The molecule has 0 bridgehead atoms. The monoisotopic (exact) mass is 262 g/mol. The van der Waals surface area contributed by atoms with Gasteiger partial charge in [-0.2, -0.15) is 0 Å². The van der Waals surface area contributed by atoms with Crippen molar-refractivity contribution in [3.05, 3.63) is 28.0 Å². The summed E-state index contributed by atoms with van der Waals surface area (Å²) in [5, 5.41) is 12.0. The summed E-state index contributed by atoms with van der Waals surface area (Å²) in [6, 6.07) is 1.43. The number of aliphatic hydroxyl groups is 1. The fourth-order valence-corrected chi connectivity index (χ4v) is 1.23. The van der Waals surface area contributed by atoms with Gasteiger partial charge in [-0.05, 0) is 19.9 Å². The SMILES string of the molecule is CC(C)(CO)NC(=O)c1cnc(Cl)c(Cl)c1. The molecule has 0 aromatic carbocycles. The Morgan fingerprint density at radius 3 is 2.69 bits per heavy atom. The third kappa shape index (κ3) is 3.33. The van der Waals surface area contributed by atoms with E-state index in [4.69, 9.17) is 28.3 Å². The van der Waals surface area contributed by atoms with Gasteiger partial charge in [-0.25, -0.2) is 4.98 Å². The van der Waals surface area contributed by atoms with Crippen molar-refractivity contribution in [3.63, 3.8) is 0 Å². The molecule has 6 heteroatoms. The number of hydrogen-bond donors (Lipinski definition) is 2. The molecular weight excluding hydrogens is 251 g/mol. The second kappa shape index (κ2) is 4.99. The number of pyridine rings is 1. The fraction of sp³-hybridized carbons (Fsp3) is 0.400. The standard InChI is InChI=1S/C10H12Cl2N2O2/c1-10(2,5-15)14-9(16)6-3-7(11)8(12)13-4-6/h3-4,15H,5H2,1-2H3,(H,14,16). The summed E-state index contributed by atoms with van der Waals surface area (Å²) < 4.78 is 0. The number of carbonyl (C=O) groups is 1. The minimum Gasteiger partial charge on any atom is -0.394 e. The molecule has 0 unspecified atom stereocenters. The van der Waals surface area contributed by atoms with Crippen molar-refractivity contribution in [2.24, 2.45) is 0 Å². The first-order valence-corrected chi connectivity index (χ1v) is 5.36. The average molecular weight is 263 g/mol. The summed E-state index contributed by atoms with van der Waals surface area (Å²) in [6.07, 6.45) is 1.33. The molecule has 0 aliphatic carbocycles. The number of nitrogens with one attached hydrogen (secondary N) is 1. The van der Waals surface area contributed by atoms with Crippen LogP contribution in [0.5, 0.6) is 0 Å². The summed E-state index contributed by atoms with van der Waals surface area (Å²) in [5.41, 5.74) is -0.389. The largest absolute Gasteiger partial charge is 0.394 e. The van der Waals surface area contributed by atoms with Crippen molar-refractivity contribution >= 4 is 29.1 Å². The van der Waals surface area contributed by atoms with E-state index in [0.717, 1.165) is 0 Å². The van der Waals surface area contributed by atoms with E-state index in [9.17, 15) is 4.79 Å². The summed E-state index contributed by atoms with van der Waals surface area (Å²) in [5.74, 6) is -0.356.